The zero-order chi connectivity index (χ0) is 32.7. The first kappa shape index (κ1) is 33.3. The van der Waals surface area contributed by atoms with Gasteiger partial charge in [-0.1, -0.05) is 18.6 Å². The van der Waals surface area contributed by atoms with E-state index in [1.54, 1.807) is 0 Å². The predicted molar refractivity (Wildman–Crippen MR) is 157 cm³/mol. The number of aliphatic hydroxyl groups excluding tert-OH is 2. The van der Waals surface area contributed by atoms with Gasteiger partial charge in [0, 0.05) is 11.5 Å². The van der Waals surface area contributed by atoms with Crippen LogP contribution < -0.4 is 16.4 Å². The number of rotatable bonds is 10. The summed E-state index contributed by atoms with van der Waals surface area (Å²) in [7, 11) is 2.57. The number of aromatic hydroxyl groups is 1. The first-order valence-electron chi connectivity index (χ1n) is 14.2. The van der Waals surface area contributed by atoms with Crippen molar-refractivity contribution in [3.05, 3.63) is 46.2 Å². The maximum Gasteiger partial charge on any atom is 0.320 e. The van der Waals surface area contributed by atoms with E-state index in [4.69, 9.17) is 5.73 Å². The molecule has 14 nitrogen and oxygen atoms in total. The van der Waals surface area contributed by atoms with Crippen molar-refractivity contribution in [3.8, 4) is 5.75 Å². The maximum atomic E-state index is 14.2. The zero-order valence-corrected chi connectivity index (χ0v) is 25.6. The lowest BCUT2D eigenvalue weighted by atomic mass is 9.62. The van der Waals surface area contributed by atoms with E-state index in [9.17, 15) is 49.8 Å². The van der Waals surface area contributed by atoms with Crippen molar-refractivity contribution in [1.29, 1.82) is 0 Å². The molecule has 2 radical (unpaired) electrons. The molecule has 6 atom stereocenters. The molecule has 1 aromatic rings. The van der Waals surface area contributed by atoms with Gasteiger partial charge in [0.25, 0.3) is 5.91 Å². The van der Waals surface area contributed by atoms with E-state index in [0.717, 1.165) is 0 Å². The molecule has 238 valence electrons. The number of aliphatic carboxylic acids is 1. The number of Topliss-reactive ketones (excluding diaryl/α,β-unsaturated/α-hetero) is 2. The third kappa shape index (κ3) is 5.55. The molecule has 10 N–H and O–H groups in total. The minimum Gasteiger partial charge on any atom is -0.508 e. The van der Waals surface area contributed by atoms with Gasteiger partial charge >= 0.3 is 5.97 Å². The highest BCUT2D eigenvalue weighted by molar-refractivity contribution is 6.45. The van der Waals surface area contributed by atoms with Crippen LogP contribution in [0.25, 0.3) is 5.76 Å². The van der Waals surface area contributed by atoms with E-state index in [-0.39, 0.29) is 29.5 Å². The first-order chi connectivity index (χ1) is 20.6. The lowest BCUT2D eigenvalue weighted by Crippen LogP contribution is -2.65. The minimum atomic E-state index is -2.82. The van der Waals surface area contributed by atoms with Gasteiger partial charge in [0.05, 0.1) is 33.0 Å². The fourth-order valence-electron chi connectivity index (χ4n) is 6.47. The highest BCUT2D eigenvalue weighted by Gasteiger charge is 2.64. The number of carbonyl (C=O) groups is 4. The summed E-state index contributed by atoms with van der Waals surface area (Å²) < 4.78 is 0. The average molecular weight is 631 g/mol. The predicted octanol–water partition coefficient (Wildman–Crippen LogP) is -0.777. The number of benzene rings is 1. The van der Waals surface area contributed by atoms with Crippen LogP contribution >= 0.6 is 0 Å². The number of nitrogens with zero attached hydrogens (tertiary/aromatic N) is 1. The molecule has 1 heterocycles. The van der Waals surface area contributed by atoms with Gasteiger partial charge in [-0.3, -0.25) is 29.4 Å². The number of amides is 1. The van der Waals surface area contributed by atoms with Crippen LogP contribution in [0.2, 0.25) is 5.54 Å². The number of hydrogen-bond donors (Lipinski definition) is 9. The SMILES string of the molecule is CN(C)[C@@H]1C(=O)C(C(=O)NCNC(CCCCN)C(=O)O)=C(O)[C@@]2(O)C(=O)C3=C(O)c4c(O)cccc4[C@@](C)(O)[Si][C@H]3C[C@@H]12. The third-order valence-corrected chi connectivity index (χ3v) is 10.3. The minimum absolute atomic E-state index is 0.136. The zero-order valence-electron chi connectivity index (χ0n) is 24.6. The molecule has 1 amide bonds. The molecule has 15 heteroatoms. The molecular weight excluding hydrogens is 592 g/mol. The van der Waals surface area contributed by atoms with Crippen molar-refractivity contribution in [2.45, 2.75) is 61.1 Å². The van der Waals surface area contributed by atoms with Gasteiger partial charge in [-0.15, -0.1) is 0 Å². The number of ketones is 2. The monoisotopic (exact) mass is 630 g/mol. The van der Waals surface area contributed by atoms with Crippen LogP contribution in [-0.4, -0.2) is 113 Å². The third-order valence-electron chi connectivity index (χ3n) is 8.60. The van der Waals surface area contributed by atoms with Gasteiger partial charge in [-0.25, -0.2) is 0 Å². The fourth-order valence-corrected chi connectivity index (χ4v) is 8.29. The van der Waals surface area contributed by atoms with Crippen LogP contribution in [0.15, 0.2) is 35.1 Å². The van der Waals surface area contributed by atoms with E-state index in [0.29, 0.717) is 19.4 Å². The summed E-state index contributed by atoms with van der Waals surface area (Å²) in [4.78, 5) is 54.2. The van der Waals surface area contributed by atoms with Crippen molar-refractivity contribution in [2.24, 2.45) is 11.7 Å². The van der Waals surface area contributed by atoms with Gasteiger partial charge < -0.3 is 41.7 Å². The molecule has 3 aliphatic rings. The summed E-state index contributed by atoms with van der Waals surface area (Å²) in [5.74, 6) is -7.91. The van der Waals surface area contributed by atoms with Crippen molar-refractivity contribution in [3.63, 3.8) is 0 Å². The Morgan fingerprint density at radius 1 is 1.16 bits per heavy atom. The highest BCUT2D eigenvalue weighted by Crippen LogP contribution is 2.54. The second kappa shape index (κ2) is 12.4. The lowest BCUT2D eigenvalue weighted by molar-refractivity contribution is -0.152. The molecule has 1 aromatic carbocycles. The normalized spacial score (nSPS) is 29.1. The van der Waals surface area contributed by atoms with E-state index >= 15 is 0 Å². The highest BCUT2D eigenvalue weighted by atomic mass is 28.2. The summed E-state index contributed by atoms with van der Waals surface area (Å²) >= 11 is 0. The van der Waals surface area contributed by atoms with Gasteiger partial charge in [-0.2, -0.15) is 0 Å². The van der Waals surface area contributed by atoms with Gasteiger partial charge in [0.2, 0.25) is 5.78 Å². The van der Waals surface area contributed by atoms with Crippen molar-refractivity contribution in [1.82, 2.24) is 15.5 Å². The number of hydrogen-bond acceptors (Lipinski definition) is 12. The fraction of sp³-hybridized carbons (Fsp3) is 0.517. The van der Waals surface area contributed by atoms with E-state index in [2.05, 4.69) is 10.6 Å². The van der Waals surface area contributed by atoms with E-state index in [1.807, 2.05) is 0 Å². The average Bonchev–Trinajstić information content (AvgIpc) is 3.01. The number of aliphatic hydroxyl groups is 4. The molecule has 44 heavy (non-hydrogen) atoms. The molecule has 0 spiro atoms. The van der Waals surface area contributed by atoms with Gasteiger partial charge in [0.15, 0.2) is 11.4 Å². The molecule has 1 fully saturated rings. The van der Waals surface area contributed by atoms with Gasteiger partial charge in [0.1, 0.15) is 28.9 Å². The number of phenolic OH excluding ortho intramolecular Hbond substituents is 1. The smallest absolute Gasteiger partial charge is 0.320 e. The molecule has 0 aromatic heterocycles. The molecule has 1 aliphatic heterocycles. The Hall–Kier alpha value is -3.60. The largest absolute Gasteiger partial charge is 0.508 e. The van der Waals surface area contributed by atoms with Gasteiger partial charge in [-0.05, 0) is 64.0 Å². The standard InChI is InChI=1S/C29H38N4O10Si/c1-28(42)13-7-6-9-16(34)18(13)22(35)19-17(44-28)11-14-21(33(2)3)23(36)20(25(38)29(14,43)24(19)37)26(39)32-12-31-15(27(40)41)8-4-5-10-30/h6-7,9,14-15,17,21,31,34-35,38,42-43H,4-5,8,10-12,30H2,1-3H3,(H,32,39)(H,40,41)/t14-,15?,17-,21-,28-,29-/m0/s1. The Labute approximate surface area is 256 Å². The number of carboxylic acids is 1. The Balaban J connectivity index is 1.75. The van der Waals surface area contributed by atoms with Crippen LogP contribution in [0.5, 0.6) is 5.75 Å². The number of carboxylic acid groups (broad SMARTS) is 1. The maximum absolute atomic E-state index is 14.2. The van der Waals surface area contributed by atoms with Crippen LogP contribution in [0.4, 0.5) is 0 Å². The molecule has 0 saturated heterocycles. The second-order valence-corrected chi connectivity index (χ2v) is 13.7. The summed E-state index contributed by atoms with van der Waals surface area (Å²) in [5, 5.41) is 69.6. The Kier molecular flexibility index (Phi) is 9.39. The van der Waals surface area contributed by atoms with Crippen LogP contribution in [0.3, 0.4) is 0 Å². The summed E-state index contributed by atoms with van der Waals surface area (Å²) in [6.07, 6.45) is 1.20. The van der Waals surface area contributed by atoms with Crippen LogP contribution in [0.1, 0.15) is 43.7 Å². The number of nitrogens with two attached hydrogens (primary N) is 1. The molecule has 1 unspecified atom stereocenters. The topological polar surface area (TPSA) is 243 Å². The molecule has 0 bridgehead atoms. The number of nitrogens with one attached hydrogen (secondary N) is 2. The van der Waals surface area contributed by atoms with E-state index in [1.165, 1.54) is 44.1 Å². The molecular formula is C29H38N4O10Si. The Morgan fingerprint density at radius 3 is 2.45 bits per heavy atom. The van der Waals surface area contributed by atoms with Crippen LogP contribution in [0, 0.1) is 5.92 Å². The number of likely N-dealkylation sites (N-methyl/N-ethyl adjacent to an activating group) is 1. The molecule has 1 saturated carbocycles. The number of phenols is 1. The first-order valence-corrected chi connectivity index (χ1v) is 15.3. The van der Waals surface area contributed by atoms with E-state index < -0.39 is 96.8 Å². The second-order valence-electron chi connectivity index (χ2n) is 11.7. The van der Waals surface area contributed by atoms with Crippen molar-refractivity contribution >= 4 is 38.7 Å². The summed E-state index contributed by atoms with van der Waals surface area (Å²) in [6, 6.07) is 1.93. The lowest BCUT2D eigenvalue weighted by Gasteiger charge is -2.49. The number of carbonyl (C=O) groups excluding carboxylic acids is 3. The summed E-state index contributed by atoms with van der Waals surface area (Å²) in [5.41, 5.74) is 0.514. The number of fused-ring (bicyclic) bond motifs is 3. The van der Waals surface area contributed by atoms with Crippen LogP contribution in [-0.2, 0) is 24.4 Å². The summed E-state index contributed by atoms with van der Waals surface area (Å²) in [6.45, 7) is 1.45. The Morgan fingerprint density at radius 2 is 1.84 bits per heavy atom. The number of unbranched alkanes of at least 4 members (excludes halogenated alkanes) is 1. The molecule has 4 rings (SSSR count). The van der Waals surface area contributed by atoms with Crippen molar-refractivity contribution < 1.29 is 49.8 Å². The molecule has 2 aliphatic carbocycles. The van der Waals surface area contributed by atoms with Crippen molar-refractivity contribution in [2.75, 3.05) is 27.3 Å². The quantitative estimate of drug-likeness (QED) is 0.0668. The Bertz CT molecular complexity index is 1440.